The lowest BCUT2D eigenvalue weighted by Gasteiger charge is -2.23. The molecular weight excluding hydrogens is 386 g/mol. The summed E-state index contributed by atoms with van der Waals surface area (Å²) < 4.78 is 6.26. The quantitative estimate of drug-likeness (QED) is 0.581. The largest absolute Gasteiger partial charge is 0.487 e. The van der Waals surface area contributed by atoms with E-state index in [1.807, 2.05) is 73.7 Å². The van der Waals surface area contributed by atoms with E-state index in [9.17, 15) is 9.90 Å². The number of hydrogen-bond donors (Lipinski definition) is 1. The predicted octanol–water partition coefficient (Wildman–Crippen LogP) is 5.80. The molecule has 0 spiro atoms. The van der Waals surface area contributed by atoms with Gasteiger partial charge in [0.25, 0.3) is 0 Å². The average Bonchev–Trinajstić information content (AvgIpc) is 3.11. The normalized spacial score (nSPS) is 14.9. The van der Waals surface area contributed by atoms with Crippen molar-refractivity contribution in [1.82, 2.24) is 4.90 Å². The fourth-order valence-corrected chi connectivity index (χ4v) is 4.07. The van der Waals surface area contributed by atoms with Crippen LogP contribution >= 0.6 is 11.6 Å². The fourth-order valence-electron chi connectivity index (χ4n) is 3.84. The lowest BCUT2D eigenvalue weighted by atomic mass is 9.97. The average molecular weight is 408 g/mol. The van der Waals surface area contributed by atoms with Gasteiger partial charge in [-0.15, -0.1) is 0 Å². The molecule has 1 aliphatic rings. The van der Waals surface area contributed by atoms with Crippen LogP contribution in [0.15, 0.2) is 66.7 Å². The molecule has 29 heavy (non-hydrogen) atoms. The van der Waals surface area contributed by atoms with Crippen molar-refractivity contribution in [3.05, 3.63) is 88.4 Å². The SMILES string of the molecule is Cc1cc(Cl)ccc1-c1cccc2c1OC(CN(Cc1ccccc1)C(=O)O)C2. The van der Waals surface area contributed by atoms with Crippen LogP contribution in [0.2, 0.25) is 5.02 Å². The highest BCUT2D eigenvalue weighted by molar-refractivity contribution is 6.30. The van der Waals surface area contributed by atoms with Crippen LogP contribution in [0.4, 0.5) is 4.79 Å². The highest BCUT2D eigenvalue weighted by atomic mass is 35.5. The first-order valence-corrected chi connectivity index (χ1v) is 9.96. The summed E-state index contributed by atoms with van der Waals surface area (Å²) in [6.45, 7) is 2.69. The number of amides is 1. The van der Waals surface area contributed by atoms with Crippen LogP contribution in [0.1, 0.15) is 16.7 Å². The zero-order chi connectivity index (χ0) is 20.4. The summed E-state index contributed by atoms with van der Waals surface area (Å²) in [7, 11) is 0. The summed E-state index contributed by atoms with van der Waals surface area (Å²) in [6, 6.07) is 21.5. The minimum Gasteiger partial charge on any atom is -0.487 e. The molecule has 1 unspecified atom stereocenters. The molecule has 1 atom stereocenters. The number of benzene rings is 3. The van der Waals surface area contributed by atoms with Crippen molar-refractivity contribution >= 4 is 17.7 Å². The van der Waals surface area contributed by atoms with Gasteiger partial charge in [-0.05, 0) is 41.3 Å². The third-order valence-electron chi connectivity index (χ3n) is 5.22. The summed E-state index contributed by atoms with van der Waals surface area (Å²) in [5.74, 6) is 0.841. The molecule has 0 aliphatic carbocycles. The number of nitrogens with zero attached hydrogens (tertiary/aromatic N) is 1. The number of carboxylic acid groups (broad SMARTS) is 1. The van der Waals surface area contributed by atoms with E-state index >= 15 is 0 Å². The molecule has 1 amide bonds. The molecule has 4 rings (SSSR count). The van der Waals surface area contributed by atoms with Gasteiger partial charge in [-0.25, -0.2) is 4.79 Å². The van der Waals surface area contributed by atoms with Gasteiger partial charge in [0, 0.05) is 23.6 Å². The molecule has 3 aromatic rings. The van der Waals surface area contributed by atoms with Crippen molar-refractivity contribution < 1.29 is 14.6 Å². The van der Waals surface area contributed by atoms with Gasteiger partial charge in [0.2, 0.25) is 0 Å². The van der Waals surface area contributed by atoms with Crippen molar-refractivity contribution in [2.24, 2.45) is 0 Å². The highest BCUT2D eigenvalue weighted by Gasteiger charge is 2.29. The van der Waals surface area contributed by atoms with E-state index in [-0.39, 0.29) is 6.10 Å². The van der Waals surface area contributed by atoms with Crippen molar-refractivity contribution in [3.63, 3.8) is 0 Å². The van der Waals surface area contributed by atoms with Gasteiger partial charge < -0.3 is 14.7 Å². The van der Waals surface area contributed by atoms with E-state index in [1.165, 1.54) is 4.90 Å². The van der Waals surface area contributed by atoms with Crippen LogP contribution in [0, 0.1) is 6.92 Å². The zero-order valence-electron chi connectivity index (χ0n) is 16.1. The van der Waals surface area contributed by atoms with Crippen LogP contribution in [-0.2, 0) is 13.0 Å². The Kier molecular flexibility index (Phi) is 5.45. The maximum absolute atomic E-state index is 11.8. The first-order valence-electron chi connectivity index (χ1n) is 9.58. The third-order valence-corrected chi connectivity index (χ3v) is 5.45. The summed E-state index contributed by atoms with van der Waals surface area (Å²) >= 11 is 6.11. The molecule has 0 radical (unpaired) electrons. The molecule has 0 saturated carbocycles. The number of aryl methyl sites for hydroxylation is 1. The Bertz CT molecular complexity index is 1040. The molecule has 1 heterocycles. The van der Waals surface area contributed by atoms with Crippen LogP contribution in [-0.4, -0.2) is 28.7 Å². The molecule has 5 heteroatoms. The first kappa shape index (κ1) is 19.3. The Morgan fingerprint density at radius 3 is 2.62 bits per heavy atom. The number of fused-ring (bicyclic) bond motifs is 1. The van der Waals surface area contributed by atoms with Gasteiger partial charge in [-0.2, -0.15) is 0 Å². The minimum atomic E-state index is -0.942. The van der Waals surface area contributed by atoms with E-state index in [2.05, 4.69) is 0 Å². The van der Waals surface area contributed by atoms with Crippen molar-refractivity contribution in [1.29, 1.82) is 0 Å². The topological polar surface area (TPSA) is 49.8 Å². The number of rotatable bonds is 5. The predicted molar refractivity (Wildman–Crippen MR) is 115 cm³/mol. The van der Waals surface area contributed by atoms with Gasteiger partial charge in [0.05, 0.1) is 6.54 Å². The lowest BCUT2D eigenvalue weighted by molar-refractivity contribution is 0.113. The molecular formula is C24H22ClNO3. The highest BCUT2D eigenvalue weighted by Crippen LogP contribution is 2.40. The van der Waals surface area contributed by atoms with Crippen LogP contribution < -0.4 is 4.74 Å². The lowest BCUT2D eigenvalue weighted by Crippen LogP contribution is -2.37. The maximum Gasteiger partial charge on any atom is 0.407 e. The van der Waals surface area contributed by atoms with Crippen LogP contribution in [0.3, 0.4) is 0 Å². The van der Waals surface area contributed by atoms with Crippen molar-refractivity contribution in [2.75, 3.05) is 6.54 Å². The fraction of sp³-hybridized carbons (Fsp3) is 0.208. The van der Waals surface area contributed by atoms with Gasteiger partial charge in [0.1, 0.15) is 11.9 Å². The Morgan fingerprint density at radius 1 is 1.10 bits per heavy atom. The maximum atomic E-state index is 11.8. The molecule has 4 nitrogen and oxygen atoms in total. The number of hydrogen-bond acceptors (Lipinski definition) is 2. The number of para-hydroxylation sites is 1. The summed E-state index contributed by atoms with van der Waals surface area (Å²) in [4.78, 5) is 13.2. The van der Waals surface area contributed by atoms with Gasteiger partial charge in [0.15, 0.2) is 0 Å². The van der Waals surface area contributed by atoms with Crippen molar-refractivity contribution in [2.45, 2.75) is 26.0 Å². The number of halogens is 1. The molecule has 0 bridgehead atoms. The van der Waals surface area contributed by atoms with E-state index in [0.717, 1.165) is 33.6 Å². The molecule has 0 fully saturated rings. The monoisotopic (exact) mass is 407 g/mol. The van der Waals surface area contributed by atoms with Gasteiger partial charge >= 0.3 is 6.09 Å². The molecule has 1 N–H and O–H groups in total. The van der Waals surface area contributed by atoms with Crippen LogP contribution in [0.5, 0.6) is 5.75 Å². The van der Waals surface area contributed by atoms with Crippen LogP contribution in [0.25, 0.3) is 11.1 Å². The smallest absolute Gasteiger partial charge is 0.407 e. The molecule has 0 aromatic heterocycles. The second kappa shape index (κ2) is 8.18. The first-order chi connectivity index (χ1) is 14.0. The molecule has 148 valence electrons. The van der Waals surface area contributed by atoms with E-state index in [4.69, 9.17) is 16.3 Å². The van der Waals surface area contributed by atoms with E-state index in [0.29, 0.717) is 24.5 Å². The second-order valence-corrected chi connectivity index (χ2v) is 7.78. The standard InChI is InChI=1S/C24H22ClNO3/c1-16-12-19(25)10-11-21(16)22-9-5-8-18-13-20(29-23(18)22)15-26(24(27)28)14-17-6-3-2-4-7-17/h2-12,20H,13-15H2,1H3,(H,27,28). The Hall–Kier alpha value is -2.98. The zero-order valence-corrected chi connectivity index (χ0v) is 16.9. The van der Waals surface area contributed by atoms with Gasteiger partial charge in [-0.1, -0.05) is 66.2 Å². The number of ether oxygens (including phenoxy) is 1. The Balaban J connectivity index is 1.55. The summed E-state index contributed by atoms with van der Waals surface area (Å²) in [5.41, 5.74) is 5.24. The molecule has 1 aliphatic heterocycles. The third kappa shape index (κ3) is 4.22. The minimum absolute atomic E-state index is 0.210. The summed E-state index contributed by atoms with van der Waals surface area (Å²) in [5, 5.41) is 10.4. The van der Waals surface area contributed by atoms with E-state index < -0.39 is 6.09 Å². The van der Waals surface area contributed by atoms with Crippen molar-refractivity contribution in [3.8, 4) is 16.9 Å². The molecule has 0 saturated heterocycles. The number of carbonyl (C=O) groups is 1. The van der Waals surface area contributed by atoms with E-state index in [1.54, 1.807) is 0 Å². The Morgan fingerprint density at radius 2 is 1.90 bits per heavy atom. The summed E-state index contributed by atoms with van der Waals surface area (Å²) in [6.07, 6.45) is -0.463. The Labute approximate surface area is 175 Å². The molecule has 3 aromatic carbocycles. The van der Waals surface area contributed by atoms with Gasteiger partial charge in [-0.3, -0.25) is 0 Å². The second-order valence-electron chi connectivity index (χ2n) is 7.35.